The molecule has 29 heavy (non-hydrogen) atoms. The highest BCUT2D eigenvalue weighted by Gasteiger charge is 2.56. The number of amides is 1. The van der Waals surface area contributed by atoms with Crippen LogP contribution in [-0.4, -0.2) is 82.2 Å². The molecule has 3 unspecified atom stereocenters. The minimum atomic E-state index is -1.24. The number of hydrogen-bond donors (Lipinski definition) is 2. The Morgan fingerprint density at radius 2 is 2.17 bits per heavy atom. The lowest BCUT2D eigenvalue weighted by molar-refractivity contribution is -0.141. The van der Waals surface area contributed by atoms with Crippen molar-refractivity contribution in [1.29, 1.82) is 0 Å². The van der Waals surface area contributed by atoms with Gasteiger partial charge >= 0.3 is 12.1 Å². The molecule has 2 N–H and O–H groups in total. The molecular weight excluding hydrogens is 374 g/mol. The predicted octanol–water partition coefficient (Wildman–Crippen LogP) is 1.92. The molecule has 0 aromatic rings. The molecule has 8 nitrogen and oxygen atoms in total. The molecule has 0 aromatic heterocycles. The van der Waals surface area contributed by atoms with Gasteiger partial charge in [-0.2, -0.15) is 0 Å². The molecule has 4 rings (SSSR count). The Bertz CT molecular complexity index is 838. The molecule has 8 heteroatoms. The van der Waals surface area contributed by atoms with Crippen molar-refractivity contribution in [1.82, 2.24) is 9.80 Å². The second-order valence-corrected chi connectivity index (χ2v) is 7.95. The van der Waals surface area contributed by atoms with Gasteiger partial charge in [0, 0.05) is 37.8 Å². The van der Waals surface area contributed by atoms with E-state index in [1.807, 2.05) is 37.4 Å². The molecule has 3 aliphatic heterocycles. The molecule has 3 heterocycles. The standard InChI is InChI=1S/C21H25N3O5/c1-3-5-13-11-23(2)17-7-4-6-14-8-9-22-21(14,17)18(13)29-15-10-16(19(25)26)24(12-15)20(27)28/h3-4,6-9,13,15-16,18H,1,5,10-12H2,2H3,(H,25,26)(H,27,28)/t13?,15-,16+,18?,21?/m1/s1. The van der Waals surface area contributed by atoms with Gasteiger partial charge in [0.2, 0.25) is 0 Å². The van der Waals surface area contributed by atoms with E-state index in [1.165, 1.54) is 0 Å². The number of allylic oxidation sites excluding steroid dienone is 4. The number of carbonyl (C=O) groups is 2. The molecular formula is C21H25N3O5. The van der Waals surface area contributed by atoms with Crippen LogP contribution in [-0.2, 0) is 9.53 Å². The number of rotatable bonds is 5. The molecule has 1 amide bonds. The summed E-state index contributed by atoms with van der Waals surface area (Å²) in [5.74, 6) is -1.06. The number of piperidine rings is 1. The number of likely N-dealkylation sites (tertiary alicyclic amines) is 2. The molecule has 0 aromatic carbocycles. The number of aliphatic carboxylic acids is 1. The summed E-state index contributed by atoms with van der Waals surface area (Å²) in [4.78, 5) is 31.0. The van der Waals surface area contributed by atoms with Crippen LogP contribution in [0.5, 0.6) is 0 Å². The minimum Gasteiger partial charge on any atom is -0.480 e. The van der Waals surface area contributed by atoms with Crippen molar-refractivity contribution < 1.29 is 24.5 Å². The Hall–Kier alpha value is -2.87. The lowest BCUT2D eigenvalue weighted by Gasteiger charge is -2.52. The first-order valence-corrected chi connectivity index (χ1v) is 9.73. The van der Waals surface area contributed by atoms with E-state index in [2.05, 4.69) is 11.5 Å². The van der Waals surface area contributed by atoms with Crippen LogP contribution in [0.2, 0.25) is 0 Å². The summed E-state index contributed by atoms with van der Waals surface area (Å²) in [5.41, 5.74) is 1.38. The second kappa shape index (κ2) is 7.18. The first-order chi connectivity index (χ1) is 13.9. The van der Waals surface area contributed by atoms with Crippen LogP contribution >= 0.6 is 0 Å². The van der Waals surface area contributed by atoms with Gasteiger partial charge in [-0.05, 0) is 24.1 Å². The Labute approximate surface area is 169 Å². The van der Waals surface area contributed by atoms with Crippen molar-refractivity contribution in [2.75, 3.05) is 20.1 Å². The number of nitrogens with zero attached hydrogens (tertiary/aromatic N) is 3. The third kappa shape index (κ3) is 2.98. The monoisotopic (exact) mass is 399 g/mol. The number of carboxylic acids is 1. The zero-order valence-corrected chi connectivity index (χ0v) is 16.3. The SMILES string of the molecule is C=CCC1CN(C)C2=CC=CC3=CC=NC32C1O[C@@H]1C[C@@H](C(=O)O)N(C(=O)O)C1. The maximum atomic E-state index is 11.5. The highest BCUT2D eigenvalue weighted by atomic mass is 16.5. The van der Waals surface area contributed by atoms with E-state index in [4.69, 9.17) is 9.73 Å². The number of hydrogen-bond acceptors (Lipinski definition) is 5. The minimum absolute atomic E-state index is 0.0349. The van der Waals surface area contributed by atoms with Crippen LogP contribution in [0.25, 0.3) is 0 Å². The largest absolute Gasteiger partial charge is 0.480 e. The van der Waals surface area contributed by atoms with E-state index in [1.54, 1.807) is 6.21 Å². The molecule has 154 valence electrons. The van der Waals surface area contributed by atoms with Crippen molar-refractivity contribution in [2.24, 2.45) is 10.9 Å². The van der Waals surface area contributed by atoms with E-state index in [0.29, 0.717) is 6.42 Å². The second-order valence-electron chi connectivity index (χ2n) is 7.95. The predicted molar refractivity (Wildman–Crippen MR) is 107 cm³/mol. The molecule has 4 aliphatic rings. The third-order valence-corrected chi connectivity index (χ3v) is 6.25. The van der Waals surface area contributed by atoms with Crippen molar-refractivity contribution in [3.63, 3.8) is 0 Å². The van der Waals surface area contributed by atoms with E-state index >= 15 is 0 Å². The summed E-state index contributed by atoms with van der Waals surface area (Å²) in [6.07, 6.45) is 10.4. The van der Waals surface area contributed by atoms with E-state index < -0.39 is 29.7 Å². The van der Waals surface area contributed by atoms with Gasteiger partial charge in [-0.3, -0.25) is 9.89 Å². The Morgan fingerprint density at radius 1 is 1.38 bits per heavy atom. The van der Waals surface area contributed by atoms with E-state index in [0.717, 1.165) is 22.7 Å². The van der Waals surface area contributed by atoms with Gasteiger partial charge in [-0.1, -0.05) is 18.2 Å². The Morgan fingerprint density at radius 3 is 2.83 bits per heavy atom. The lowest BCUT2D eigenvalue weighted by atomic mass is 9.70. The van der Waals surface area contributed by atoms with Crippen molar-refractivity contribution in [2.45, 2.75) is 36.6 Å². The summed E-state index contributed by atoms with van der Waals surface area (Å²) >= 11 is 0. The van der Waals surface area contributed by atoms with Gasteiger partial charge in [-0.15, -0.1) is 6.58 Å². The first kappa shape index (κ1) is 19.4. The number of ether oxygens (including phenoxy) is 1. The molecule has 1 spiro atoms. The smallest absolute Gasteiger partial charge is 0.408 e. The maximum absolute atomic E-state index is 11.5. The van der Waals surface area contributed by atoms with E-state index in [9.17, 15) is 19.8 Å². The van der Waals surface area contributed by atoms with Crippen molar-refractivity contribution >= 4 is 18.3 Å². The van der Waals surface area contributed by atoms with Crippen LogP contribution in [0.15, 0.2) is 53.2 Å². The van der Waals surface area contributed by atoms with Gasteiger partial charge in [0.15, 0.2) is 5.54 Å². The Balaban J connectivity index is 1.68. The van der Waals surface area contributed by atoms with Gasteiger partial charge < -0.3 is 19.8 Å². The molecule has 0 saturated carbocycles. The lowest BCUT2D eigenvalue weighted by Crippen LogP contribution is -2.60. The van der Waals surface area contributed by atoms with Gasteiger partial charge in [-0.25, -0.2) is 9.59 Å². The average molecular weight is 399 g/mol. The molecule has 0 radical (unpaired) electrons. The Kier molecular flexibility index (Phi) is 4.82. The highest BCUT2D eigenvalue weighted by molar-refractivity contribution is 5.82. The topological polar surface area (TPSA) is 103 Å². The quantitative estimate of drug-likeness (QED) is 0.685. The van der Waals surface area contributed by atoms with Gasteiger partial charge in [0.05, 0.1) is 18.8 Å². The fourth-order valence-electron chi connectivity index (χ4n) is 5.06. The molecule has 2 saturated heterocycles. The summed E-state index contributed by atoms with van der Waals surface area (Å²) in [6.45, 7) is 4.67. The van der Waals surface area contributed by atoms with Crippen LogP contribution < -0.4 is 0 Å². The molecule has 2 fully saturated rings. The van der Waals surface area contributed by atoms with Gasteiger partial charge in [0.25, 0.3) is 0 Å². The van der Waals surface area contributed by atoms with E-state index in [-0.39, 0.29) is 25.0 Å². The van der Waals surface area contributed by atoms with Crippen LogP contribution in [0, 0.1) is 5.92 Å². The summed E-state index contributed by atoms with van der Waals surface area (Å²) in [7, 11) is 2.03. The first-order valence-electron chi connectivity index (χ1n) is 9.73. The molecule has 0 bridgehead atoms. The number of aliphatic imine (C=N–C) groups is 1. The zero-order valence-electron chi connectivity index (χ0n) is 16.3. The normalized spacial score (nSPS) is 35.1. The summed E-state index contributed by atoms with van der Waals surface area (Å²) < 4.78 is 6.53. The fraction of sp³-hybridized carbons (Fsp3) is 0.476. The van der Waals surface area contributed by atoms with Crippen LogP contribution in [0.3, 0.4) is 0 Å². The molecule has 1 aliphatic carbocycles. The number of carboxylic acid groups (broad SMARTS) is 2. The summed E-state index contributed by atoms with van der Waals surface area (Å²) in [5, 5.41) is 18.8. The van der Waals surface area contributed by atoms with Crippen LogP contribution in [0.4, 0.5) is 4.79 Å². The van der Waals surface area contributed by atoms with Gasteiger partial charge in [0.1, 0.15) is 6.04 Å². The van der Waals surface area contributed by atoms with Crippen LogP contribution in [0.1, 0.15) is 12.8 Å². The zero-order chi connectivity index (χ0) is 20.8. The summed E-state index contributed by atoms with van der Waals surface area (Å²) in [6, 6.07) is -1.09. The molecule has 5 atom stereocenters. The highest BCUT2D eigenvalue weighted by Crippen LogP contribution is 2.49. The third-order valence-electron chi connectivity index (χ3n) is 6.25. The maximum Gasteiger partial charge on any atom is 0.408 e. The average Bonchev–Trinajstić information content (AvgIpc) is 3.29. The fourth-order valence-corrected chi connectivity index (χ4v) is 5.06. The van der Waals surface area contributed by atoms with Crippen molar-refractivity contribution in [3.8, 4) is 0 Å². The number of likely N-dealkylation sites (N-methyl/N-ethyl adjacent to an activating group) is 1. The van der Waals surface area contributed by atoms with Crippen molar-refractivity contribution in [3.05, 3.63) is 48.2 Å².